The van der Waals surface area contributed by atoms with Crippen molar-refractivity contribution in [3.05, 3.63) is 87.2 Å². The normalized spacial score (nSPS) is 12.3. The quantitative estimate of drug-likeness (QED) is 0.382. The van der Waals surface area contributed by atoms with E-state index in [0.717, 1.165) is 47.4 Å². The van der Waals surface area contributed by atoms with Crippen LogP contribution in [-0.2, 0) is 0 Å². The van der Waals surface area contributed by atoms with Gasteiger partial charge in [0.2, 0.25) is 0 Å². The first-order valence-electron chi connectivity index (χ1n) is 8.68. The van der Waals surface area contributed by atoms with Crippen LogP contribution < -0.4 is 4.74 Å². The van der Waals surface area contributed by atoms with Gasteiger partial charge in [-0.15, -0.1) is 11.3 Å². The molecule has 3 aromatic carbocycles. The fraction of sp³-hybridized carbons (Fsp3) is 0.130. The van der Waals surface area contributed by atoms with Crippen molar-refractivity contribution in [3.63, 3.8) is 0 Å². The Labute approximate surface area is 171 Å². The number of benzene rings is 3. The van der Waals surface area contributed by atoms with Crippen molar-refractivity contribution >= 4 is 37.4 Å². The number of aryl methyl sites for hydroxylation is 1. The van der Waals surface area contributed by atoms with Gasteiger partial charge in [0.05, 0.1) is 7.11 Å². The number of fused-ring (bicyclic) bond motifs is 1. The summed E-state index contributed by atoms with van der Waals surface area (Å²) in [5.41, 5.74) is 4.20. The van der Waals surface area contributed by atoms with Gasteiger partial charge in [-0.3, -0.25) is 0 Å². The van der Waals surface area contributed by atoms with Gasteiger partial charge in [0.15, 0.2) is 0 Å². The molecule has 4 aromatic rings. The molecule has 0 aliphatic rings. The van der Waals surface area contributed by atoms with Gasteiger partial charge in [0.25, 0.3) is 0 Å². The number of rotatable bonds is 4. The van der Waals surface area contributed by atoms with Crippen LogP contribution in [0.25, 0.3) is 21.2 Å². The van der Waals surface area contributed by atoms with Crippen molar-refractivity contribution in [3.8, 4) is 16.9 Å². The first-order valence-corrected chi connectivity index (χ1v) is 10.3. The third-order valence-electron chi connectivity index (χ3n) is 4.79. The molecule has 0 bridgehead atoms. The number of hydrogen-bond donors (Lipinski definition) is 1. The number of aliphatic hydroxyl groups is 1. The zero-order chi connectivity index (χ0) is 19.0. The summed E-state index contributed by atoms with van der Waals surface area (Å²) in [4.78, 5) is 0.954. The summed E-state index contributed by atoms with van der Waals surface area (Å²) in [6.07, 6.45) is -0.673. The van der Waals surface area contributed by atoms with Crippen molar-refractivity contribution in [1.82, 2.24) is 0 Å². The summed E-state index contributed by atoms with van der Waals surface area (Å²) in [5, 5.41) is 12.4. The van der Waals surface area contributed by atoms with E-state index in [0.29, 0.717) is 0 Å². The Balaban J connectivity index is 1.97. The van der Waals surface area contributed by atoms with E-state index in [2.05, 4.69) is 34.1 Å². The molecule has 27 heavy (non-hydrogen) atoms. The molecule has 0 spiro atoms. The van der Waals surface area contributed by atoms with Crippen LogP contribution in [0, 0.1) is 6.92 Å². The Morgan fingerprint density at radius 2 is 1.74 bits per heavy atom. The molecule has 0 aliphatic heterocycles. The average Bonchev–Trinajstić information content (AvgIpc) is 3.07. The van der Waals surface area contributed by atoms with E-state index in [1.807, 2.05) is 55.5 Å². The lowest BCUT2D eigenvalue weighted by Crippen LogP contribution is -2.01. The minimum absolute atomic E-state index is 0.673. The Morgan fingerprint density at radius 3 is 2.44 bits per heavy atom. The second-order valence-corrected chi connectivity index (χ2v) is 8.47. The third-order valence-corrected chi connectivity index (χ3v) is 6.52. The lowest BCUT2D eigenvalue weighted by Gasteiger charge is -2.15. The second-order valence-electron chi connectivity index (χ2n) is 6.47. The van der Waals surface area contributed by atoms with Crippen LogP contribution >= 0.6 is 27.3 Å². The van der Waals surface area contributed by atoms with Crippen molar-refractivity contribution in [1.29, 1.82) is 0 Å². The highest BCUT2D eigenvalue weighted by molar-refractivity contribution is 9.10. The molecule has 4 rings (SSSR count). The van der Waals surface area contributed by atoms with Crippen LogP contribution in [0.1, 0.15) is 22.1 Å². The summed E-state index contributed by atoms with van der Waals surface area (Å²) in [6.45, 7) is 2.04. The summed E-state index contributed by atoms with van der Waals surface area (Å²) in [7, 11) is 1.67. The largest absolute Gasteiger partial charge is 0.497 e. The lowest BCUT2D eigenvalue weighted by atomic mass is 9.95. The van der Waals surface area contributed by atoms with E-state index in [1.165, 1.54) is 0 Å². The number of hydrogen-bond acceptors (Lipinski definition) is 3. The number of aliphatic hydroxyl groups excluding tert-OH is 1. The Morgan fingerprint density at radius 1 is 1.00 bits per heavy atom. The van der Waals surface area contributed by atoms with E-state index < -0.39 is 6.10 Å². The molecule has 4 heteroatoms. The number of halogens is 1. The molecule has 1 unspecified atom stereocenters. The molecule has 2 nitrogen and oxygen atoms in total. The smallest absolute Gasteiger partial charge is 0.120 e. The molecule has 0 saturated carbocycles. The second kappa shape index (κ2) is 7.47. The maximum atomic E-state index is 11.3. The van der Waals surface area contributed by atoms with Crippen LogP contribution in [0.3, 0.4) is 0 Å². The SMILES string of the molecule is COc1ccc2c(-c3ccc(Br)cc3)c(C(O)c3ccccc3C)sc2c1. The van der Waals surface area contributed by atoms with Gasteiger partial charge in [0.1, 0.15) is 11.9 Å². The molecule has 0 saturated heterocycles. The highest BCUT2D eigenvalue weighted by Crippen LogP contribution is 2.45. The van der Waals surface area contributed by atoms with Gasteiger partial charge in [0, 0.05) is 25.0 Å². The van der Waals surface area contributed by atoms with Crippen LogP contribution in [0.5, 0.6) is 5.75 Å². The van der Waals surface area contributed by atoms with Crippen LogP contribution in [-0.4, -0.2) is 12.2 Å². The minimum Gasteiger partial charge on any atom is -0.497 e. The lowest BCUT2D eigenvalue weighted by molar-refractivity contribution is 0.224. The van der Waals surface area contributed by atoms with Gasteiger partial charge in [-0.25, -0.2) is 0 Å². The molecule has 0 radical (unpaired) electrons. The summed E-state index contributed by atoms with van der Waals surface area (Å²) in [5.74, 6) is 0.822. The first-order chi connectivity index (χ1) is 13.1. The van der Waals surface area contributed by atoms with Gasteiger partial charge in [-0.05, 0) is 53.9 Å². The average molecular weight is 439 g/mol. The van der Waals surface area contributed by atoms with Gasteiger partial charge in [-0.2, -0.15) is 0 Å². The molecule has 1 aromatic heterocycles. The Hall–Kier alpha value is -2.14. The minimum atomic E-state index is -0.673. The fourth-order valence-corrected chi connectivity index (χ4v) is 4.89. The van der Waals surface area contributed by atoms with E-state index in [1.54, 1.807) is 18.4 Å². The zero-order valence-corrected chi connectivity index (χ0v) is 17.5. The van der Waals surface area contributed by atoms with Crippen molar-refractivity contribution in [2.75, 3.05) is 7.11 Å². The molecule has 1 heterocycles. The Bertz CT molecular complexity index is 1100. The molecular weight excluding hydrogens is 420 g/mol. The monoisotopic (exact) mass is 438 g/mol. The van der Waals surface area contributed by atoms with E-state index in [-0.39, 0.29) is 0 Å². The van der Waals surface area contributed by atoms with Crippen LogP contribution in [0.4, 0.5) is 0 Å². The predicted molar refractivity (Wildman–Crippen MR) is 117 cm³/mol. The third kappa shape index (κ3) is 3.41. The summed E-state index contributed by atoms with van der Waals surface area (Å²) in [6, 6.07) is 22.3. The van der Waals surface area contributed by atoms with Crippen molar-refractivity contribution in [2.24, 2.45) is 0 Å². The van der Waals surface area contributed by atoms with E-state index in [9.17, 15) is 5.11 Å². The predicted octanol–water partition coefficient (Wildman–Crippen LogP) is 6.73. The van der Waals surface area contributed by atoms with E-state index in [4.69, 9.17) is 4.74 Å². The maximum Gasteiger partial charge on any atom is 0.120 e. The summed E-state index contributed by atoms with van der Waals surface area (Å²) < 4.78 is 7.54. The maximum absolute atomic E-state index is 11.3. The van der Waals surface area contributed by atoms with Gasteiger partial charge in [-0.1, -0.05) is 52.3 Å². The molecule has 136 valence electrons. The number of ether oxygens (including phenoxy) is 1. The summed E-state index contributed by atoms with van der Waals surface area (Å²) >= 11 is 5.13. The molecule has 0 fully saturated rings. The molecule has 1 N–H and O–H groups in total. The standard InChI is InChI=1S/C23H19BrO2S/c1-14-5-3-4-6-18(14)22(25)23-21(15-7-9-16(24)10-8-15)19-12-11-17(26-2)13-20(19)27-23/h3-13,22,25H,1-2H3. The first kappa shape index (κ1) is 18.2. The number of methoxy groups -OCH3 is 1. The molecule has 0 amide bonds. The highest BCUT2D eigenvalue weighted by atomic mass is 79.9. The van der Waals surface area contributed by atoms with Gasteiger partial charge >= 0.3 is 0 Å². The van der Waals surface area contributed by atoms with Crippen LogP contribution in [0.15, 0.2) is 71.2 Å². The highest BCUT2D eigenvalue weighted by Gasteiger charge is 2.22. The van der Waals surface area contributed by atoms with Crippen molar-refractivity contribution in [2.45, 2.75) is 13.0 Å². The Kier molecular flexibility index (Phi) is 5.04. The fourth-order valence-electron chi connectivity index (χ4n) is 3.36. The van der Waals surface area contributed by atoms with Gasteiger partial charge < -0.3 is 9.84 Å². The van der Waals surface area contributed by atoms with Crippen molar-refractivity contribution < 1.29 is 9.84 Å². The molecule has 1 atom stereocenters. The molecule has 0 aliphatic carbocycles. The van der Waals surface area contributed by atoms with Crippen LogP contribution in [0.2, 0.25) is 0 Å². The molecular formula is C23H19BrO2S. The topological polar surface area (TPSA) is 29.5 Å². The number of thiophene rings is 1. The van der Waals surface area contributed by atoms with E-state index >= 15 is 0 Å². The zero-order valence-electron chi connectivity index (χ0n) is 15.1.